The minimum absolute atomic E-state index is 0.0887. The number of hydrogen-bond donors (Lipinski definition) is 2. The molecule has 2 amide bonds. The van der Waals surface area contributed by atoms with Gasteiger partial charge in [-0.25, -0.2) is 22.6 Å². The van der Waals surface area contributed by atoms with Crippen molar-refractivity contribution in [3.63, 3.8) is 0 Å². The SMILES string of the molecule is CO[C@@H]1COc2c(S(=O)(=O)NC(=O)Nc3c4c(cc(C)c3-c3ccc5cccn5c3)CCC4)cnn2C1. The highest BCUT2D eigenvalue weighted by Crippen LogP contribution is 2.40. The Morgan fingerprint density at radius 3 is 2.95 bits per heavy atom. The van der Waals surface area contributed by atoms with Crippen LogP contribution in [0.3, 0.4) is 0 Å². The highest BCUT2D eigenvalue weighted by atomic mass is 32.2. The third-order valence-corrected chi connectivity index (χ3v) is 8.35. The van der Waals surface area contributed by atoms with Crippen molar-refractivity contribution in [1.82, 2.24) is 18.9 Å². The zero-order valence-electron chi connectivity index (χ0n) is 20.5. The first-order chi connectivity index (χ1) is 17.8. The Kier molecular flexibility index (Phi) is 5.68. The number of anilines is 1. The molecular weight excluding hydrogens is 494 g/mol. The first-order valence-corrected chi connectivity index (χ1v) is 13.6. The summed E-state index contributed by atoms with van der Waals surface area (Å²) in [4.78, 5) is 13.0. The molecule has 0 saturated carbocycles. The number of amides is 2. The molecule has 192 valence electrons. The number of sulfonamides is 1. The number of fused-ring (bicyclic) bond motifs is 3. The fourth-order valence-corrected chi connectivity index (χ4v) is 6.26. The average molecular weight is 522 g/mol. The number of hydrogen-bond acceptors (Lipinski definition) is 6. The predicted molar refractivity (Wildman–Crippen MR) is 137 cm³/mol. The van der Waals surface area contributed by atoms with Crippen molar-refractivity contribution in [2.75, 3.05) is 19.0 Å². The summed E-state index contributed by atoms with van der Waals surface area (Å²) >= 11 is 0. The molecule has 0 bridgehead atoms. The van der Waals surface area contributed by atoms with Crippen LogP contribution in [0.5, 0.6) is 5.88 Å². The first kappa shape index (κ1) is 23.6. The Morgan fingerprint density at radius 1 is 1.24 bits per heavy atom. The van der Waals surface area contributed by atoms with Gasteiger partial charge in [0.2, 0.25) is 5.88 Å². The third kappa shape index (κ3) is 4.13. The Morgan fingerprint density at radius 2 is 2.11 bits per heavy atom. The van der Waals surface area contributed by atoms with Crippen LogP contribution >= 0.6 is 0 Å². The number of aromatic nitrogens is 3. The van der Waals surface area contributed by atoms with Crippen molar-refractivity contribution in [2.24, 2.45) is 0 Å². The van der Waals surface area contributed by atoms with E-state index in [1.54, 1.807) is 7.11 Å². The van der Waals surface area contributed by atoms with E-state index in [-0.39, 0.29) is 23.5 Å². The molecule has 6 rings (SSSR count). The molecule has 2 N–H and O–H groups in total. The summed E-state index contributed by atoms with van der Waals surface area (Å²) in [5, 5.41) is 6.98. The summed E-state index contributed by atoms with van der Waals surface area (Å²) in [6.45, 7) is 2.57. The lowest BCUT2D eigenvalue weighted by Gasteiger charge is -2.23. The van der Waals surface area contributed by atoms with Crippen LogP contribution in [0.1, 0.15) is 23.1 Å². The van der Waals surface area contributed by atoms with Gasteiger partial charge in [-0.05, 0) is 61.1 Å². The van der Waals surface area contributed by atoms with Gasteiger partial charge < -0.3 is 19.2 Å². The Labute approximate surface area is 214 Å². The van der Waals surface area contributed by atoms with Crippen molar-refractivity contribution >= 4 is 27.3 Å². The number of methoxy groups -OCH3 is 1. The molecule has 0 spiro atoms. The second-order valence-corrected chi connectivity index (χ2v) is 11.1. The molecular formula is C26H27N5O5S. The van der Waals surface area contributed by atoms with E-state index in [1.807, 2.05) is 48.0 Å². The molecule has 0 saturated heterocycles. The molecule has 11 heteroatoms. The number of benzene rings is 1. The molecule has 1 aliphatic heterocycles. The van der Waals surface area contributed by atoms with Gasteiger partial charge in [-0.2, -0.15) is 5.10 Å². The lowest BCUT2D eigenvalue weighted by Crippen LogP contribution is -2.36. The molecule has 3 aromatic heterocycles. The highest BCUT2D eigenvalue weighted by molar-refractivity contribution is 7.90. The second kappa shape index (κ2) is 8.93. The summed E-state index contributed by atoms with van der Waals surface area (Å²) in [6, 6.07) is 9.36. The van der Waals surface area contributed by atoms with E-state index in [4.69, 9.17) is 9.47 Å². The van der Waals surface area contributed by atoms with E-state index < -0.39 is 16.1 Å². The molecule has 0 fully saturated rings. The van der Waals surface area contributed by atoms with Crippen LogP contribution in [0, 0.1) is 6.92 Å². The number of carbonyl (C=O) groups is 1. The molecule has 4 aromatic rings. The van der Waals surface area contributed by atoms with Crippen LogP contribution in [-0.4, -0.2) is 48.5 Å². The Bertz CT molecular complexity index is 1640. The van der Waals surface area contributed by atoms with Crippen molar-refractivity contribution in [1.29, 1.82) is 0 Å². The normalized spacial score (nSPS) is 16.8. The lowest BCUT2D eigenvalue weighted by molar-refractivity contribution is 0.0165. The average Bonchev–Trinajstić information content (AvgIpc) is 3.62. The molecule has 1 atom stereocenters. The molecule has 10 nitrogen and oxygen atoms in total. The highest BCUT2D eigenvalue weighted by Gasteiger charge is 2.31. The van der Waals surface area contributed by atoms with Gasteiger partial charge in [-0.15, -0.1) is 0 Å². The van der Waals surface area contributed by atoms with Gasteiger partial charge >= 0.3 is 6.03 Å². The summed E-state index contributed by atoms with van der Waals surface area (Å²) in [5.74, 6) is 0.0887. The number of carbonyl (C=O) groups excluding carboxylic acids is 1. The van der Waals surface area contributed by atoms with Gasteiger partial charge in [-0.1, -0.05) is 12.1 Å². The van der Waals surface area contributed by atoms with Gasteiger partial charge in [0.1, 0.15) is 12.7 Å². The van der Waals surface area contributed by atoms with E-state index in [2.05, 4.69) is 21.2 Å². The van der Waals surface area contributed by atoms with E-state index in [0.717, 1.165) is 47.0 Å². The summed E-state index contributed by atoms with van der Waals surface area (Å²) in [7, 11) is -2.69. The largest absolute Gasteiger partial charge is 0.474 e. The molecule has 0 radical (unpaired) electrons. The van der Waals surface area contributed by atoms with Gasteiger partial charge in [0.05, 0.1) is 18.4 Å². The molecule has 2 aliphatic rings. The monoisotopic (exact) mass is 521 g/mol. The fraction of sp³-hybridized carbons (Fsp3) is 0.308. The summed E-state index contributed by atoms with van der Waals surface area (Å²) < 4.78 is 42.8. The van der Waals surface area contributed by atoms with Crippen LogP contribution in [0.2, 0.25) is 0 Å². The maximum absolute atomic E-state index is 13.2. The smallest absolute Gasteiger partial charge is 0.333 e. The van der Waals surface area contributed by atoms with E-state index in [0.29, 0.717) is 12.2 Å². The standard InChI is InChI=1S/C26H27N5O5S/c1-16-11-17-5-3-7-21(17)24(23(16)18-8-9-19-6-4-10-30(19)13-18)28-26(32)29-37(33,34)22-12-27-31-14-20(35-2)15-36-25(22)31/h4,6,8-13,20H,3,5,7,14-15H2,1-2H3,(H2,28,29,32)/t20-/m0/s1. The van der Waals surface area contributed by atoms with Gasteiger partial charge in [0, 0.05) is 36.1 Å². The Hall–Kier alpha value is -3.83. The minimum atomic E-state index is -4.24. The van der Waals surface area contributed by atoms with Gasteiger partial charge in [-0.3, -0.25) is 0 Å². The van der Waals surface area contributed by atoms with E-state index in [1.165, 1.54) is 16.4 Å². The fourth-order valence-electron chi connectivity index (χ4n) is 5.28. The van der Waals surface area contributed by atoms with Crippen molar-refractivity contribution in [3.8, 4) is 17.0 Å². The number of nitrogens with one attached hydrogen (secondary N) is 2. The molecule has 1 aliphatic carbocycles. The Balaban J connectivity index is 1.33. The quantitative estimate of drug-likeness (QED) is 0.415. The van der Waals surface area contributed by atoms with Crippen molar-refractivity contribution in [3.05, 3.63) is 65.6 Å². The topological polar surface area (TPSA) is 116 Å². The number of nitrogens with zero attached hydrogens (tertiary/aromatic N) is 3. The van der Waals surface area contributed by atoms with Gasteiger partial charge in [0.15, 0.2) is 4.90 Å². The number of pyridine rings is 1. The first-order valence-electron chi connectivity index (χ1n) is 12.1. The van der Waals surface area contributed by atoms with E-state index >= 15 is 0 Å². The maximum atomic E-state index is 13.2. The second-order valence-electron chi connectivity index (χ2n) is 9.42. The predicted octanol–water partition coefficient (Wildman–Crippen LogP) is 3.52. The third-order valence-electron chi connectivity index (χ3n) is 7.04. The zero-order chi connectivity index (χ0) is 25.7. The number of aryl methyl sites for hydroxylation is 2. The maximum Gasteiger partial charge on any atom is 0.333 e. The van der Waals surface area contributed by atoms with E-state index in [9.17, 15) is 13.2 Å². The number of ether oxygens (including phenoxy) is 2. The van der Waals surface area contributed by atoms with Gasteiger partial charge in [0.25, 0.3) is 10.0 Å². The molecule has 1 aromatic carbocycles. The summed E-state index contributed by atoms with van der Waals surface area (Å²) in [6.07, 6.45) is 7.65. The molecule has 4 heterocycles. The molecule has 37 heavy (non-hydrogen) atoms. The van der Waals surface area contributed by atoms with Crippen LogP contribution < -0.4 is 14.8 Å². The number of rotatable bonds is 5. The molecule has 0 unspecified atom stereocenters. The summed E-state index contributed by atoms with van der Waals surface area (Å²) in [5.41, 5.74) is 6.73. The van der Waals surface area contributed by atoms with Crippen LogP contribution in [0.25, 0.3) is 16.6 Å². The zero-order valence-corrected chi connectivity index (χ0v) is 21.3. The van der Waals surface area contributed by atoms with Crippen LogP contribution in [0.4, 0.5) is 10.5 Å². The van der Waals surface area contributed by atoms with Crippen LogP contribution in [-0.2, 0) is 34.1 Å². The number of urea groups is 1. The minimum Gasteiger partial charge on any atom is -0.474 e. The van der Waals surface area contributed by atoms with Crippen molar-refractivity contribution in [2.45, 2.75) is 43.7 Å². The van der Waals surface area contributed by atoms with Crippen LogP contribution in [0.15, 0.2) is 53.8 Å². The van der Waals surface area contributed by atoms with Crippen molar-refractivity contribution < 1.29 is 22.7 Å². The lowest BCUT2D eigenvalue weighted by atomic mass is 9.93.